The molecule has 0 fully saturated rings. The first-order chi connectivity index (χ1) is 61.8. The molecule has 0 spiro atoms. The smallest absolute Gasteiger partial charge is 0.296 e. The van der Waals surface area contributed by atoms with Crippen molar-refractivity contribution in [3.63, 3.8) is 0 Å². The highest BCUT2D eigenvalue weighted by molar-refractivity contribution is 7.91. The number of hydrogen-bond donors (Lipinski definition) is 16. The van der Waals surface area contributed by atoms with Gasteiger partial charge in [-0.25, -0.2) is 9.97 Å². The van der Waals surface area contributed by atoms with Crippen molar-refractivity contribution in [1.82, 2.24) is 30.6 Å². The van der Waals surface area contributed by atoms with Crippen LogP contribution in [0.25, 0.3) is 57.0 Å². The second kappa shape index (κ2) is 38.2. The van der Waals surface area contributed by atoms with E-state index in [1.165, 1.54) is 72.9 Å². The van der Waals surface area contributed by atoms with Crippen LogP contribution in [0, 0.1) is 0 Å². The molecule has 0 unspecified atom stereocenters. The van der Waals surface area contributed by atoms with Gasteiger partial charge in [0.25, 0.3) is 40.5 Å². The topological polar surface area (TPSA) is 719 Å². The van der Waals surface area contributed by atoms with Crippen LogP contribution in [0.2, 0.25) is 0 Å². The molecule has 660 valence electrons. The number of imidazole rings is 2. The van der Waals surface area contributed by atoms with Crippen molar-refractivity contribution < 1.29 is 106 Å². The molecular weight excluding hydrogens is 1780 g/mol. The summed E-state index contributed by atoms with van der Waals surface area (Å²) >= 11 is 0. The summed E-state index contributed by atoms with van der Waals surface area (Å²) in [6, 6.07) is 46.9. The number of hydrazone groups is 4. The molecular formula is C82H62N21O23S4-3. The zero-order chi connectivity index (χ0) is 93.1. The lowest BCUT2D eigenvalue weighted by atomic mass is 9.92. The number of carboxylic acid groups (broad SMARTS) is 3. The number of phenolic OH excluding ortho intramolecular Hbond substituents is 1. The second-order valence-corrected chi connectivity index (χ2v) is 32.9. The second-order valence-electron chi connectivity index (χ2n) is 27.3. The first-order valence-corrected chi connectivity index (χ1v) is 42.9. The average Bonchev–Trinajstić information content (AvgIpc) is 0.823. The number of anilines is 7. The van der Waals surface area contributed by atoms with Gasteiger partial charge in [0.1, 0.15) is 59.8 Å². The van der Waals surface area contributed by atoms with Gasteiger partial charge >= 0.3 is 0 Å². The summed E-state index contributed by atoms with van der Waals surface area (Å²) in [5.41, 5.74) is 25.0. The highest BCUT2D eigenvalue weighted by Crippen LogP contribution is 2.44. The Bertz CT molecular complexity index is 7030. The lowest BCUT2D eigenvalue weighted by Gasteiger charge is -2.20. The number of hydrogen-bond acceptors (Lipinski definition) is 38. The Labute approximate surface area is 732 Å². The van der Waals surface area contributed by atoms with Crippen molar-refractivity contribution in [3.8, 4) is 28.5 Å². The molecule has 130 heavy (non-hydrogen) atoms. The lowest BCUT2D eigenvalue weighted by Crippen LogP contribution is -2.34. The number of rotatable bonds is 27. The van der Waals surface area contributed by atoms with E-state index in [2.05, 4.69) is 98.5 Å². The fraction of sp³-hybridized carbons (Fsp3) is 0.0366. The Kier molecular flexibility index (Phi) is 26.7. The number of benzene rings is 9. The van der Waals surface area contributed by atoms with E-state index in [9.17, 15) is 101 Å². The van der Waals surface area contributed by atoms with Crippen LogP contribution in [0.15, 0.2) is 290 Å². The minimum absolute atomic E-state index is 0.0886. The van der Waals surface area contributed by atoms with E-state index in [1.807, 2.05) is 0 Å². The number of allylic oxidation sites excluding steroid dienone is 8. The summed E-state index contributed by atoms with van der Waals surface area (Å²) in [7, 11) is -20.4. The molecule has 0 bridgehead atoms. The van der Waals surface area contributed by atoms with E-state index in [0.717, 1.165) is 24.3 Å². The highest BCUT2D eigenvalue weighted by Gasteiger charge is 2.39. The number of H-pyrrole nitrogens is 2. The van der Waals surface area contributed by atoms with E-state index in [1.54, 1.807) is 133 Å². The van der Waals surface area contributed by atoms with Crippen LogP contribution in [0.3, 0.4) is 0 Å². The van der Waals surface area contributed by atoms with Crippen LogP contribution in [0.5, 0.6) is 5.75 Å². The summed E-state index contributed by atoms with van der Waals surface area (Å²) in [5, 5.41) is 80.1. The molecule has 0 aliphatic heterocycles. The fourth-order valence-corrected chi connectivity index (χ4v) is 15.0. The number of fused-ring (bicyclic) bond motifs is 4. The third kappa shape index (κ3) is 22.2. The van der Waals surface area contributed by atoms with Gasteiger partial charge in [-0.15, -0.1) is 10.2 Å². The minimum Gasteiger partial charge on any atom is -0.548 e. The van der Waals surface area contributed by atoms with Crippen LogP contribution in [0.4, 0.5) is 62.6 Å². The monoisotopic (exact) mass is 1840 g/mol. The standard InChI is InChI=1S/2C37H28N10O10S2.C8H9NO3/c2*38-33-32-20(15-30(59(55,56)57)35(36(32)51)47-42-21-4-2-1-3-5-21)14-29(58(52,53)54)34(33)46-43-22-8-6-19(7-9-22)37-40-25-12-11-24(16-27(25)41-37)44-45-26-13-10-23(17-28(26)48)39-18-31(49)50;10-7-3-1-2-6(4-7)9-5-8(11)12/h2*1-17,39,42,44H,18,38H2,(H,40,41)(H,49,50)(H,52,53,54)(H,55,56,57);1-4,9-10H,5H2,(H,11,12)/p-3. The summed E-state index contributed by atoms with van der Waals surface area (Å²) in [6.45, 7) is -1.17. The maximum atomic E-state index is 13.7. The van der Waals surface area contributed by atoms with Crippen LogP contribution in [-0.4, -0.2) is 160 Å². The van der Waals surface area contributed by atoms with Gasteiger partial charge in [0.2, 0.25) is 23.1 Å². The Morgan fingerprint density at radius 2 is 0.777 bits per heavy atom. The highest BCUT2D eigenvalue weighted by atomic mass is 32.2. The van der Waals surface area contributed by atoms with Crippen molar-refractivity contribution in [2.75, 3.05) is 58.1 Å². The Morgan fingerprint density at radius 1 is 0.400 bits per heavy atom. The number of aliphatic carboxylic acids is 3. The SMILES string of the molecule is Nc1c(N=Nc2ccc(-c3nc4ccc(NN=C5C=CC(NCC(=O)[O-])=CC5=O)cc4[nH]3)cc2)c(S(=O)(=O)O)cc2c1C(=O)C(=NNc1ccccc1)C(S(=O)(=O)O)=C2.Nc1c(N=Nc2ccc(-c3nc4ccc(NN=C5C=CC(NCC(=O)[O-])=CC5=O)cc4[nH]3)cc2)c(S(=O)(=O)O)cc2c1C(=O)C(=NNc1ccccc1)C(S(=O)(=O)O)=C2.O=C([O-])CNc1cccc(O)c1. The average molecular weight is 1840 g/mol. The molecule has 0 atom stereocenters. The van der Waals surface area contributed by atoms with Gasteiger partial charge in [-0.1, -0.05) is 42.5 Å². The van der Waals surface area contributed by atoms with E-state index in [-0.39, 0.29) is 46.2 Å². The first-order valence-electron chi connectivity index (χ1n) is 37.1. The van der Waals surface area contributed by atoms with Crippen molar-refractivity contribution in [2.45, 2.75) is 9.79 Å². The molecule has 4 aliphatic rings. The number of azo groups is 2. The van der Waals surface area contributed by atoms with Crippen molar-refractivity contribution in [2.24, 2.45) is 40.9 Å². The third-order valence-electron chi connectivity index (χ3n) is 18.3. The number of nitrogens with zero attached hydrogens (tertiary/aromatic N) is 10. The lowest BCUT2D eigenvalue weighted by molar-refractivity contribution is -0.305. The van der Waals surface area contributed by atoms with Gasteiger partial charge in [0.15, 0.2) is 11.4 Å². The molecule has 0 saturated carbocycles. The van der Waals surface area contributed by atoms with Crippen LogP contribution < -0.4 is 64.4 Å². The summed E-state index contributed by atoms with van der Waals surface area (Å²) in [6.07, 6.45) is 9.88. The maximum Gasteiger partial charge on any atom is 0.296 e. The number of carboxylic acids is 3. The van der Waals surface area contributed by atoms with E-state index in [4.69, 9.17) is 16.6 Å². The molecule has 48 heteroatoms. The zero-order valence-corrected chi connectivity index (χ0v) is 69.2. The summed E-state index contributed by atoms with van der Waals surface area (Å²) in [4.78, 5) is 95.4. The van der Waals surface area contributed by atoms with E-state index >= 15 is 0 Å². The predicted octanol–water partition coefficient (Wildman–Crippen LogP) is 6.55. The Morgan fingerprint density at radius 3 is 1.14 bits per heavy atom. The number of nitrogen functional groups attached to an aromatic ring is 2. The van der Waals surface area contributed by atoms with Crippen LogP contribution >= 0.6 is 0 Å². The van der Waals surface area contributed by atoms with Crippen molar-refractivity contribution >= 4 is 201 Å². The molecule has 0 saturated heterocycles. The normalized spacial score (nSPS) is 15.1. The number of phenols is 1. The van der Waals surface area contributed by atoms with Gasteiger partial charge < -0.3 is 72.2 Å². The molecule has 4 aliphatic carbocycles. The van der Waals surface area contributed by atoms with E-state index < -0.39 is 160 Å². The molecule has 0 radical (unpaired) electrons. The number of nitrogens with two attached hydrogens (primary N) is 2. The summed E-state index contributed by atoms with van der Waals surface area (Å²) < 4.78 is 139. The number of Topliss-reactive ketones (excluding diaryl/α,β-unsaturated/α-hetero) is 2. The molecule has 2 heterocycles. The summed E-state index contributed by atoms with van der Waals surface area (Å²) in [5.74, 6) is -5.90. The molecule has 9 aromatic carbocycles. The van der Waals surface area contributed by atoms with Crippen molar-refractivity contribution in [3.05, 3.63) is 262 Å². The Balaban J connectivity index is 0.000000196. The number of ketones is 4. The first kappa shape index (κ1) is 90.7. The maximum absolute atomic E-state index is 13.7. The molecule has 15 rings (SSSR count). The number of nitrogens with one attached hydrogen (secondary N) is 9. The molecule has 2 aromatic heterocycles. The van der Waals surface area contributed by atoms with Gasteiger partial charge in [-0.05, 0) is 181 Å². The number of aromatic hydroxyl groups is 1. The van der Waals surface area contributed by atoms with Crippen molar-refractivity contribution in [1.29, 1.82) is 0 Å². The largest absolute Gasteiger partial charge is 0.548 e. The van der Waals surface area contributed by atoms with Crippen LogP contribution in [-0.2, 0) is 64.4 Å². The minimum atomic E-state index is -5.09. The van der Waals surface area contributed by atoms with Gasteiger partial charge in [0, 0.05) is 46.4 Å². The zero-order valence-electron chi connectivity index (χ0n) is 65.9. The molecule has 11 aromatic rings. The Hall–Kier alpha value is -17.0. The number of carbonyl (C=O) groups excluding carboxylic acids is 7. The third-order valence-corrected chi connectivity index (χ3v) is 21.8. The number of carbonyl (C=O) groups is 7. The molecule has 44 nitrogen and oxygen atoms in total. The van der Waals surface area contributed by atoms with Gasteiger partial charge in [-0.3, -0.25) is 59.1 Å². The number of aromatic amines is 2. The fourth-order valence-electron chi connectivity index (χ4n) is 12.3. The molecule has 18 N–H and O–H groups in total. The predicted molar refractivity (Wildman–Crippen MR) is 470 cm³/mol. The number of para-hydroxylation sites is 2. The van der Waals surface area contributed by atoms with Crippen LogP contribution in [0.1, 0.15) is 31.8 Å². The number of aromatic nitrogens is 4. The van der Waals surface area contributed by atoms with E-state index in [0.29, 0.717) is 84.7 Å². The molecule has 0 amide bonds. The van der Waals surface area contributed by atoms with Gasteiger partial charge in [-0.2, -0.15) is 64.3 Å². The quantitative estimate of drug-likeness (QED) is 0.00853. The van der Waals surface area contributed by atoms with Gasteiger partial charge in [0.05, 0.1) is 116 Å².